The first-order valence-electron chi connectivity index (χ1n) is 5.57. The molecular weight excluding hydrogens is 280 g/mol. The van der Waals surface area contributed by atoms with E-state index < -0.39 is 21.2 Å². The topological polar surface area (TPSA) is 54.4 Å². The molecule has 2 rings (SSSR count). The smallest absolute Gasteiger partial charge is 0.156 e. The molecule has 1 saturated heterocycles. The van der Waals surface area contributed by atoms with Crippen molar-refractivity contribution in [2.75, 3.05) is 5.75 Å². The van der Waals surface area contributed by atoms with Crippen LogP contribution in [0.5, 0.6) is 0 Å². The minimum atomic E-state index is -3.16. The van der Waals surface area contributed by atoms with Crippen molar-refractivity contribution < 1.29 is 13.5 Å². The van der Waals surface area contributed by atoms with Crippen molar-refractivity contribution in [1.82, 2.24) is 0 Å². The molecule has 2 heterocycles. The molecule has 1 fully saturated rings. The highest BCUT2D eigenvalue weighted by molar-refractivity contribution is 7.92. The summed E-state index contributed by atoms with van der Waals surface area (Å²) in [4.78, 5) is 0.656. The third-order valence-corrected chi connectivity index (χ3v) is 7.05. The largest absolute Gasteiger partial charge is 0.386 e. The first-order valence-corrected chi connectivity index (χ1v) is 8.48. The minimum absolute atomic E-state index is 0.187. The summed E-state index contributed by atoms with van der Waals surface area (Å²) in [5.41, 5.74) is 0.888. The fourth-order valence-electron chi connectivity index (χ4n) is 2.15. The van der Waals surface area contributed by atoms with Gasteiger partial charge >= 0.3 is 0 Å². The van der Waals surface area contributed by atoms with Gasteiger partial charge in [0.2, 0.25) is 0 Å². The molecule has 0 bridgehead atoms. The molecule has 6 heteroatoms. The van der Waals surface area contributed by atoms with E-state index in [9.17, 15) is 13.5 Å². The van der Waals surface area contributed by atoms with Crippen molar-refractivity contribution in [3.8, 4) is 0 Å². The highest BCUT2D eigenvalue weighted by Crippen LogP contribution is 2.37. The highest BCUT2D eigenvalue weighted by atomic mass is 35.5. The molecule has 1 aliphatic rings. The van der Waals surface area contributed by atoms with Gasteiger partial charge in [0.25, 0.3) is 0 Å². The Morgan fingerprint density at radius 1 is 1.53 bits per heavy atom. The maximum atomic E-state index is 11.9. The summed E-state index contributed by atoms with van der Waals surface area (Å²) in [7, 11) is -3.16. The number of rotatable bonds is 2. The Balaban J connectivity index is 2.27. The fourth-order valence-corrected chi connectivity index (χ4v) is 5.48. The average Bonchev–Trinajstić information content (AvgIpc) is 2.58. The zero-order valence-electron chi connectivity index (χ0n) is 9.52. The van der Waals surface area contributed by atoms with E-state index in [-0.39, 0.29) is 5.75 Å². The van der Waals surface area contributed by atoms with Gasteiger partial charge in [-0.3, -0.25) is 0 Å². The molecule has 3 nitrogen and oxygen atoms in total. The summed E-state index contributed by atoms with van der Waals surface area (Å²) in [6.45, 7) is 1.85. The fraction of sp³-hybridized carbons (Fsp3) is 0.636. The Morgan fingerprint density at radius 2 is 2.24 bits per heavy atom. The van der Waals surface area contributed by atoms with Crippen molar-refractivity contribution in [3.63, 3.8) is 0 Å². The van der Waals surface area contributed by atoms with Crippen LogP contribution in [0.1, 0.15) is 35.8 Å². The summed E-state index contributed by atoms with van der Waals surface area (Å²) < 4.78 is 24.4. The lowest BCUT2D eigenvalue weighted by atomic mass is 10.1. The highest BCUT2D eigenvalue weighted by Gasteiger charge is 2.36. The lowest BCUT2D eigenvalue weighted by Crippen LogP contribution is -2.33. The van der Waals surface area contributed by atoms with Crippen LogP contribution in [0.15, 0.2) is 6.07 Å². The zero-order valence-corrected chi connectivity index (χ0v) is 11.9. The quantitative estimate of drug-likeness (QED) is 0.912. The Kier molecular flexibility index (Phi) is 3.83. The second-order valence-electron chi connectivity index (χ2n) is 4.45. The summed E-state index contributed by atoms with van der Waals surface area (Å²) >= 11 is 7.21. The van der Waals surface area contributed by atoms with Crippen molar-refractivity contribution in [2.24, 2.45) is 0 Å². The van der Waals surface area contributed by atoms with Gasteiger partial charge in [-0.15, -0.1) is 11.3 Å². The predicted octanol–water partition coefficient (Wildman–Crippen LogP) is 2.71. The van der Waals surface area contributed by atoms with Gasteiger partial charge < -0.3 is 5.11 Å². The Labute approximate surface area is 110 Å². The molecule has 0 radical (unpaired) electrons. The maximum absolute atomic E-state index is 11.9. The van der Waals surface area contributed by atoms with Gasteiger partial charge in [0.15, 0.2) is 9.84 Å². The van der Waals surface area contributed by atoms with Crippen LogP contribution in [0.4, 0.5) is 0 Å². The number of aliphatic hydroxyl groups is 1. The lowest BCUT2D eigenvalue weighted by Gasteiger charge is -2.25. The van der Waals surface area contributed by atoms with Crippen LogP contribution in [-0.2, 0) is 9.84 Å². The van der Waals surface area contributed by atoms with Crippen LogP contribution in [0.2, 0.25) is 4.34 Å². The molecule has 96 valence electrons. The monoisotopic (exact) mass is 294 g/mol. The van der Waals surface area contributed by atoms with Gasteiger partial charge in [0.1, 0.15) is 6.10 Å². The second-order valence-corrected chi connectivity index (χ2v) is 8.48. The first kappa shape index (κ1) is 13.3. The molecule has 0 amide bonds. The average molecular weight is 295 g/mol. The molecule has 1 N–H and O–H groups in total. The van der Waals surface area contributed by atoms with Gasteiger partial charge in [-0.25, -0.2) is 8.42 Å². The Morgan fingerprint density at radius 3 is 2.76 bits per heavy atom. The summed E-state index contributed by atoms with van der Waals surface area (Å²) in [6, 6.07) is 1.78. The number of aryl methyl sites for hydroxylation is 1. The molecule has 0 aliphatic carbocycles. The molecule has 1 aliphatic heterocycles. The molecule has 0 spiro atoms. The van der Waals surface area contributed by atoms with Crippen LogP contribution in [-0.4, -0.2) is 24.5 Å². The van der Waals surface area contributed by atoms with Gasteiger partial charge in [0, 0.05) is 4.88 Å². The van der Waals surface area contributed by atoms with Gasteiger partial charge in [0.05, 0.1) is 15.3 Å². The minimum Gasteiger partial charge on any atom is -0.386 e. The van der Waals surface area contributed by atoms with Crippen LogP contribution in [0.25, 0.3) is 0 Å². The number of thiophene rings is 1. The molecule has 0 aromatic carbocycles. The second kappa shape index (κ2) is 4.88. The normalized spacial score (nSPS) is 25.7. The number of hydrogen-bond donors (Lipinski definition) is 1. The van der Waals surface area contributed by atoms with E-state index in [1.54, 1.807) is 6.07 Å². The van der Waals surface area contributed by atoms with Crippen LogP contribution < -0.4 is 0 Å². The summed E-state index contributed by atoms with van der Waals surface area (Å²) in [5, 5.41) is 9.53. The molecule has 2 atom stereocenters. The van der Waals surface area contributed by atoms with E-state index in [1.807, 2.05) is 6.92 Å². The molecule has 1 aromatic rings. The summed E-state index contributed by atoms with van der Waals surface area (Å²) in [5.74, 6) is 0.187. The van der Waals surface area contributed by atoms with E-state index in [4.69, 9.17) is 11.6 Å². The standard InChI is InChI=1S/C11H15ClO3S2/c1-7-6-8(16-11(7)12)10(13)9-4-2-3-5-17(9,14)15/h6,9-10,13H,2-5H2,1H3. The van der Waals surface area contributed by atoms with Gasteiger partial charge in [-0.05, 0) is 31.4 Å². The molecular formula is C11H15ClO3S2. The number of aliphatic hydroxyl groups excluding tert-OH is 1. The van der Waals surface area contributed by atoms with Crippen molar-refractivity contribution in [1.29, 1.82) is 0 Å². The first-order chi connectivity index (χ1) is 7.92. The third kappa shape index (κ3) is 2.67. The van der Waals surface area contributed by atoms with E-state index in [0.29, 0.717) is 22.1 Å². The third-order valence-electron chi connectivity index (χ3n) is 3.15. The SMILES string of the molecule is Cc1cc(C(O)C2CCCCS2(=O)=O)sc1Cl. The van der Waals surface area contributed by atoms with E-state index >= 15 is 0 Å². The van der Waals surface area contributed by atoms with Gasteiger partial charge in [-0.1, -0.05) is 18.0 Å². The number of halogens is 1. The van der Waals surface area contributed by atoms with Crippen LogP contribution in [0.3, 0.4) is 0 Å². The van der Waals surface area contributed by atoms with Crippen LogP contribution in [0, 0.1) is 6.92 Å². The Hall–Kier alpha value is -0.100. The zero-order chi connectivity index (χ0) is 12.6. The van der Waals surface area contributed by atoms with Crippen molar-refractivity contribution >= 4 is 32.8 Å². The van der Waals surface area contributed by atoms with E-state index in [1.165, 1.54) is 11.3 Å². The Bertz CT molecular complexity index is 487. The summed E-state index contributed by atoms with van der Waals surface area (Å²) in [6.07, 6.45) is 1.17. The van der Waals surface area contributed by atoms with Crippen molar-refractivity contribution in [3.05, 3.63) is 20.8 Å². The van der Waals surface area contributed by atoms with Crippen molar-refractivity contribution in [2.45, 2.75) is 37.5 Å². The molecule has 0 saturated carbocycles. The maximum Gasteiger partial charge on any atom is 0.156 e. The molecule has 17 heavy (non-hydrogen) atoms. The van der Waals surface area contributed by atoms with Crippen LogP contribution >= 0.6 is 22.9 Å². The van der Waals surface area contributed by atoms with Gasteiger partial charge in [-0.2, -0.15) is 0 Å². The lowest BCUT2D eigenvalue weighted by molar-refractivity contribution is 0.168. The number of sulfone groups is 1. The molecule has 2 unspecified atom stereocenters. The van der Waals surface area contributed by atoms with E-state index in [2.05, 4.69) is 0 Å². The predicted molar refractivity (Wildman–Crippen MR) is 70.5 cm³/mol. The number of hydrogen-bond acceptors (Lipinski definition) is 4. The van der Waals surface area contributed by atoms with E-state index in [0.717, 1.165) is 12.0 Å². The molecule has 1 aromatic heterocycles.